The van der Waals surface area contributed by atoms with Gasteiger partial charge in [0.2, 0.25) is 6.29 Å². The van der Waals surface area contributed by atoms with E-state index in [4.69, 9.17) is 37.9 Å². The van der Waals surface area contributed by atoms with Crippen molar-refractivity contribution < 1.29 is 135 Å². The van der Waals surface area contributed by atoms with Crippen molar-refractivity contribution in [1.29, 1.82) is 0 Å². The first-order valence-corrected chi connectivity index (χ1v) is 26.7. The van der Waals surface area contributed by atoms with E-state index in [9.17, 15) is 96.7 Å². The molecule has 0 aromatic rings. The van der Waals surface area contributed by atoms with E-state index >= 15 is 0 Å². The number of rotatable bonds is 22. The maximum Gasteiger partial charge on any atom is 0.308 e. The van der Waals surface area contributed by atoms with E-state index in [2.05, 4.69) is 27.4 Å². The maximum atomic E-state index is 13.4. The standard InChI is InChI=1S/C50H86O27/c1-20-14-49(3)12-10-21(2)50(4,11-6-5-7-30(57)75-48-44(40(67)36(63)28(19-55)74-48)77-46-42(69)38(65)34(61)26(17-53)72-46)29(49)9-8-22(20)13-24(32(59)31(58)23(56)15-51)70-47-43(39(66)35(62)27(18-54)73-47)76-45-41(68)37(64)33(60)25(16-52)71-45/h21-29,31-48,51-56,58-69H,1,5-19H2,2-4H3/t21-,22+,23?,24?,25?,26?,27?,28?,29+,31?,32?,33?,34?,35?,36?,37?,38?,39?,40?,41?,42?,43?,44?,45?,46?,47?,48?,49+,50+/m0/s1. The number of aliphatic hydroxyl groups is 18. The summed E-state index contributed by atoms with van der Waals surface area (Å²) in [4.78, 5) is 13.4. The average molecular weight is 1120 g/mol. The smallest absolute Gasteiger partial charge is 0.308 e. The SMILES string of the molecule is C=C1C[C@@]2(C)CC[C@H](C)[C@@](C)(CCCCC(=O)OC3OC(CO)C(O)C(O)C3OC3OC(CO)C(O)C(O)C3O)[C@@H]2CC[C@@H]1CC(OC1OC(CO)C(O)C(O)C1OC1OC(CO)C(O)C(O)C1O)C(O)C(O)C(O)CO. The van der Waals surface area contributed by atoms with Gasteiger partial charge >= 0.3 is 5.97 Å². The third kappa shape index (κ3) is 14.0. The second kappa shape index (κ2) is 27.5. The lowest BCUT2D eigenvalue weighted by Gasteiger charge is -2.56. The third-order valence-corrected chi connectivity index (χ3v) is 17.6. The lowest BCUT2D eigenvalue weighted by molar-refractivity contribution is -0.375. The number of aliphatic hydroxyl groups excluding tert-OH is 18. The molecule has 29 atom stereocenters. The van der Waals surface area contributed by atoms with Crippen LogP contribution in [0.15, 0.2) is 12.2 Å². The normalized spacial score (nSPS) is 46.6. The largest absolute Gasteiger partial charge is 0.433 e. The molecule has 2 saturated carbocycles. The van der Waals surface area contributed by atoms with Gasteiger partial charge in [-0.2, -0.15) is 0 Å². The Morgan fingerprint density at radius 2 is 1.08 bits per heavy atom. The molecule has 448 valence electrons. The first-order valence-electron chi connectivity index (χ1n) is 26.7. The topological polar surface area (TPSA) is 455 Å². The predicted octanol–water partition coefficient (Wildman–Crippen LogP) is -6.40. The van der Waals surface area contributed by atoms with E-state index in [-0.39, 0.29) is 35.5 Å². The molecule has 0 aromatic carbocycles. The van der Waals surface area contributed by atoms with Crippen LogP contribution in [0.2, 0.25) is 0 Å². The van der Waals surface area contributed by atoms with Gasteiger partial charge in [0, 0.05) is 6.42 Å². The summed E-state index contributed by atoms with van der Waals surface area (Å²) in [6.45, 7) is 6.83. The highest BCUT2D eigenvalue weighted by Crippen LogP contribution is 2.62. The number of allylic oxidation sites excluding steroid dienone is 1. The second-order valence-electron chi connectivity index (χ2n) is 22.6. The molecule has 6 rings (SSSR count). The van der Waals surface area contributed by atoms with Crippen molar-refractivity contribution in [1.82, 2.24) is 0 Å². The highest BCUT2D eigenvalue weighted by Gasteiger charge is 2.56. The Hall–Kier alpha value is -1.79. The molecule has 6 aliphatic rings. The highest BCUT2D eigenvalue weighted by molar-refractivity contribution is 5.69. The fourth-order valence-corrected chi connectivity index (χ4v) is 12.5. The van der Waals surface area contributed by atoms with E-state index in [1.165, 1.54) is 0 Å². The summed E-state index contributed by atoms with van der Waals surface area (Å²) in [6, 6.07) is 0. The van der Waals surface area contributed by atoms with Gasteiger partial charge in [-0.25, -0.2) is 0 Å². The van der Waals surface area contributed by atoms with Crippen molar-refractivity contribution in [2.75, 3.05) is 33.0 Å². The lowest BCUT2D eigenvalue weighted by atomic mass is 9.49. The van der Waals surface area contributed by atoms with Crippen LogP contribution in [0.4, 0.5) is 0 Å². The summed E-state index contributed by atoms with van der Waals surface area (Å²) >= 11 is 0. The number of hydrogen-bond donors (Lipinski definition) is 18. The zero-order chi connectivity index (χ0) is 57.0. The Morgan fingerprint density at radius 1 is 0.610 bits per heavy atom. The molecule has 2 aliphatic carbocycles. The Kier molecular flexibility index (Phi) is 23.0. The number of carbonyl (C=O) groups is 1. The molecule has 0 radical (unpaired) electrons. The minimum Gasteiger partial charge on any atom is -0.433 e. The average Bonchev–Trinajstić information content (AvgIpc) is 3.54. The van der Waals surface area contributed by atoms with Crippen LogP contribution in [-0.2, 0) is 42.7 Å². The van der Waals surface area contributed by atoms with Gasteiger partial charge in [0.05, 0.1) is 39.1 Å². The highest BCUT2D eigenvalue weighted by atomic mass is 16.8. The van der Waals surface area contributed by atoms with Crippen molar-refractivity contribution in [2.24, 2.45) is 28.6 Å². The van der Waals surface area contributed by atoms with Crippen molar-refractivity contribution in [3.05, 3.63) is 12.2 Å². The van der Waals surface area contributed by atoms with E-state index < -0.39 is 192 Å². The zero-order valence-corrected chi connectivity index (χ0v) is 43.6. The molecular weight excluding hydrogens is 1030 g/mol. The third-order valence-electron chi connectivity index (χ3n) is 17.6. The summed E-state index contributed by atoms with van der Waals surface area (Å²) in [5, 5.41) is 189. The number of hydrogen-bond acceptors (Lipinski definition) is 27. The van der Waals surface area contributed by atoms with Crippen LogP contribution in [0.25, 0.3) is 0 Å². The fraction of sp³-hybridized carbons (Fsp3) is 0.940. The van der Waals surface area contributed by atoms with E-state index in [0.29, 0.717) is 38.5 Å². The first kappa shape index (κ1) is 64.4. The molecule has 4 aliphatic heterocycles. The Morgan fingerprint density at radius 3 is 1.57 bits per heavy atom. The van der Waals surface area contributed by atoms with Gasteiger partial charge in [-0.3, -0.25) is 4.79 Å². The van der Waals surface area contributed by atoms with E-state index in [1.807, 2.05) is 0 Å². The molecule has 27 heteroatoms. The Balaban J connectivity index is 1.15. The van der Waals surface area contributed by atoms with Gasteiger partial charge in [-0.1, -0.05) is 39.3 Å². The number of carbonyl (C=O) groups excluding carboxylic acids is 1. The molecule has 0 amide bonds. The number of ether oxygens (including phenoxy) is 8. The van der Waals surface area contributed by atoms with Crippen LogP contribution in [0.5, 0.6) is 0 Å². The van der Waals surface area contributed by atoms with Crippen molar-refractivity contribution in [3.8, 4) is 0 Å². The minimum atomic E-state index is -2.01. The molecular formula is C50H86O27. The number of fused-ring (bicyclic) bond motifs is 1. The van der Waals surface area contributed by atoms with Gasteiger partial charge in [0.15, 0.2) is 25.0 Å². The maximum absolute atomic E-state index is 13.4. The molecule has 24 unspecified atom stereocenters. The van der Waals surface area contributed by atoms with E-state index in [1.54, 1.807) is 0 Å². The molecule has 27 nitrogen and oxygen atoms in total. The summed E-state index contributed by atoms with van der Waals surface area (Å²) < 4.78 is 45.8. The molecule has 77 heavy (non-hydrogen) atoms. The van der Waals surface area contributed by atoms with Crippen LogP contribution in [0.1, 0.15) is 85.0 Å². The summed E-state index contributed by atoms with van der Waals surface area (Å²) in [5.74, 6) is -0.965. The van der Waals surface area contributed by atoms with Crippen molar-refractivity contribution in [3.63, 3.8) is 0 Å². The van der Waals surface area contributed by atoms with Crippen LogP contribution >= 0.6 is 0 Å². The van der Waals surface area contributed by atoms with Crippen molar-refractivity contribution in [2.45, 2.75) is 232 Å². The summed E-state index contributed by atoms with van der Waals surface area (Å²) in [5.41, 5.74) is 0.159. The fourth-order valence-electron chi connectivity index (χ4n) is 12.5. The molecule has 4 saturated heterocycles. The van der Waals surface area contributed by atoms with Crippen LogP contribution in [0.3, 0.4) is 0 Å². The Bertz CT molecular complexity index is 1850. The minimum absolute atomic E-state index is 0.0674. The van der Waals surface area contributed by atoms with Gasteiger partial charge in [0.25, 0.3) is 0 Å². The molecule has 0 bridgehead atoms. The molecule has 18 N–H and O–H groups in total. The Labute approximate surface area is 445 Å². The molecule has 0 aromatic heterocycles. The summed E-state index contributed by atoms with van der Waals surface area (Å²) in [6.07, 6.45) is -37.9. The monoisotopic (exact) mass is 1120 g/mol. The number of esters is 1. The van der Waals surface area contributed by atoms with Gasteiger partial charge < -0.3 is 130 Å². The van der Waals surface area contributed by atoms with Crippen LogP contribution in [0, 0.1) is 28.6 Å². The van der Waals surface area contributed by atoms with Gasteiger partial charge in [-0.05, 0) is 80.0 Å². The van der Waals surface area contributed by atoms with Crippen LogP contribution in [-0.4, -0.2) is 278 Å². The van der Waals surface area contributed by atoms with Crippen molar-refractivity contribution >= 4 is 5.97 Å². The van der Waals surface area contributed by atoms with Gasteiger partial charge in [0.1, 0.15) is 110 Å². The molecule has 4 heterocycles. The van der Waals surface area contributed by atoms with Gasteiger partial charge in [-0.15, -0.1) is 0 Å². The van der Waals surface area contributed by atoms with Crippen LogP contribution < -0.4 is 0 Å². The molecule has 0 spiro atoms. The first-order chi connectivity index (χ1) is 36.3. The predicted molar refractivity (Wildman–Crippen MR) is 257 cm³/mol. The van der Waals surface area contributed by atoms with E-state index in [0.717, 1.165) is 18.4 Å². The second-order valence-corrected chi connectivity index (χ2v) is 22.6. The quantitative estimate of drug-likeness (QED) is 0.0272. The molecule has 6 fully saturated rings. The zero-order valence-electron chi connectivity index (χ0n) is 43.6. The summed E-state index contributed by atoms with van der Waals surface area (Å²) in [7, 11) is 0. The number of unbranched alkanes of at least 4 members (excludes halogenated alkanes) is 1. The lowest BCUT2D eigenvalue weighted by Crippen LogP contribution is -2.65.